The quantitative estimate of drug-likeness (QED) is 0.0837. The predicted octanol–water partition coefficient (Wildman–Crippen LogP) is 15.4. The van der Waals surface area contributed by atoms with Crippen molar-refractivity contribution in [1.82, 2.24) is 0 Å². The molecular formula is C52H68F2O3. The fraction of sp³-hybridized carbons (Fsp3) is 0.538. The molecule has 0 aromatic heterocycles. The van der Waals surface area contributed by atoms with Crippen LogP contribution in [0.5, 0.6) is 23.0 Å². The van der Waals surface area contributed by atoms with Crippen molar-refractivity contribution in [3.63, 3.8) is 0 Å². The van der Waals surface area contributed by atoms with E-state index in [9.17, 15) is 0 Å². The predicted molar refractivity (Wildman–Crippen MR) is 231 cm³/mol. The summed E-state index contributed by atoms with van der Waals surface area (Å²) in [6, 6.07) is 23.9. The molecule has 0 heterocycles. The molecule has 4 aromatic rings. The smallest absolute Gasteiger partial charge is 0.172 e. The first-order chi connectivity index (χ1) is 27.9. The van der Waals surface area contributed by atoms with Crippen LogP contribution in [-0.4, -0.2) is 13.2 Å². The van der Waals surface area contributed by atoms with Gasteiger partial charge >= 0.3 is 0 Å². The Bertz CT molecular complexity index is 1670. The zero-order chi connectivity index (χ0) is 40.0. The lowest BCUT2D eigenvalue weighted by molar-refractivity contribution is 0.303. The first-order valence-electron chi connectivity index (χ1n) is 22.6. The first kappa shape index (κ1) is 42.7. The van der Waals surface area contributed by atoms with Crippen LogP contribution in [0.2, 0.25) is 0 Å². The lowest BCUT2D eigenvalue weighted by atomic mass is 9.77. The van der Waals surface area contributed by atoms with Gasteiger partial charge in [0.15, 0.2) is 23.1 Å². The van der Waals surface area contributed by atoms with Crippen LogP contribution in [0.15, 0.2) is 72.8 Å². The van der Waals surface area contributed by atoms with Gasteiger partial charge in [-0.2, -0.15) is 0 Å². The van der Waals surface area contributed by atoms with Gasteiger partial charge in [-0.1, -0.05) is 114 Å². The largest absolute Gasteiger partial charge is 0.493 e. The van der Waals surface area contributed by atoms with Crippen LogP contribution in [-0.2, 0) is 12.8 Å². The monoisotopic (exact) mass is 779 g/mol. The molecule has 2 fully saturated rings. The van der Waals surface area contributed by atoms with Gasteiger partial charge in [0.05, 0.1) is 13.2 Å². The second-order valence-electron chi connectivity index (χ2n) is 16.9. The zero-order valence-corrected chi connectivity index (χ0v) is 35.4. The second-order valence-corrected chi connectivity index (χ2v) is 16.9. The molecule has 0 radical (unpaired) electrons. The molecule has 3 nitrogen and oxygen atoms in total. The number of unbranched alkanes of at least 4 members (excludes halogenated alkanes) is 4. The highest BCUT2D eigenvalue weighted by atomic mass is 19.1. The fourth-order valence-electron chi connectivity index (χ4n) is 9.51. The normalized spacial score (nSPS) is 19.7. The molecular weight excluding hydrogens is 711 g/mol. The van der Waals surface area contributed by atoms with Gasteiger partial charge < -0.3 is 14.2 Å². The fourth-order valence-corrected chi connectivity index (χ4v) is 9.51. The van der Waals surface area contributed by atoms with E-state index in [0.717, 1.165) is 23.0 Å². The highest BCUT2D eigenvalue weighted by Crippen LogP contribution is 2.41. The molecule has 308 valence electrons. The number of benzene rings is 4. The first-order valence-corrected chi connectivity index (χ1v) is 22.6. The van der Waals surface area contributed by atoms with Gasteiger partial charge in [-0.25, -0.2) is 8.78 Å². The lowest BCUT2D eigenvalue weighted by Gasteiger charge is -2.29. The summed E-state index contributed by atoms with van der Waals surface area (Å²) in [7, 11) is 0. The third kappa shape index (κ3) is 11.6. The zero-order valence-electron chi connectivity index (χ0n) is 35.4. The number of hydrogen-bond donors (Lipinski definition) is 0. The molecule has 57 heavy (non-hydrogen) atoms. The van der Waals surface area contributed by atoms with Gasteiger partial charge in [-0.3, -0.25) is 0 Å². The highest BCUT2D eigenvalue weighted by molar-refractivity contribution is 5.49. The molecule has 0 atom stereocenters. The minimum Gasteiger partial charge on any atom is -0.493 e. The lowest BCUT2D eigenvalue weighted by Crippen LogP contribution is -2.13. The van der Waals surface area contributed by atoms with Crippen molar-refractivity contribution in [2.75, 3.05) is 13.2 Å². The molecule has 6 rings (SSSR count). The van der Waals surface area contributed by atoms with Gasteiger partial charge in [0, 0.05) is 24.0 Å². The van der Waals surface area contributed by atoms with Crippen molar-refractivity contribution in [3.8, 4) is 23.0 Å². The van der Waals surface area contributed by atoms with Crippen molar-refractivity contribution in [1.29, 1.82) is 0 Å². The number of halogens is 2. The summed E-state index contributed by atoms with van der Waals surface area (Å²) in [5.41, 5.74) is 5.57. The van der Waals surface area contributed by atoms with Gasteiger partial charge in [-0.15, -0.1) is 0 Å². The third-order valence-corrected chi connectivity index (χ3v) is 12.9. The number of hydrogen-bond acceptors (Lipinski definition) is 3. The summed E-state index contributed by atoms with van der Waals surface area (Å²) in [4.78, 5) is 0. The summed E-state index contributed by atoms with van der Waals surface area (Å²) >= 11 is 0. The molecule has 4 aromatic carbocycles. The standard InChI is InChI=1S/C52H68F2O3/c1-5-9-11-13-37-15-23-41(24-16-37)43-27-19-39(20-28-43)35-45-47(55-7-3)31-33-49(51(45)53)57-50-34-32-48(56-8-4)46(52(50)54)36-40-21-29-44(30-22-40)42-25-17-38(18-26-42)14-12-10-6-2/h19-22,27-34,37-38,41-42H,5-18,23-26,35-36H2,1-4H3. The Morgan fingerprint density at radius 2 is 0.825 bits per heavy atom. The SMILES string of the molecule is CCCCCC1CCC(c2ccc(Cc3c(OCC)ccc(Oc4ccc(OCC)c(Cc5ccc(C6CCC(CCCCC)CC6)cc5)c4F)c3F)cc2)CC1. The highest BCUT2D eigenvalue weighted by Gasteiger charge is 2.25. The third-order valence-electron chi connectivity index (χ3n) is 12.9. The molecule has 0 amide bonds. The Hall–Kier alpha value is -3.86. The summed E-state index contributed by atoms with van der Waals surface area (Å²) < 4.78 is 50.8. The minimum absolute atomic E-state index is 0.0285. The molecule has 0 N–H and O–H groups in total. The molecule has 0 bridgehead atoms. The maximum absolute atomic E-state index is 16.5. The molecule has 2 aliphatic carbocycles. The van der Waals surface area contributed by atoms with Crippen molar-refractivity contribution in [2.45, 2.75) is 155 Å². The van der Waals surface area contributed by atoms with E-state index in [1.165, 1.54) is 114 Å². The Balaban J connectivity index is 1.13. The Morgan fingerprint density at radius 1 is 0.456 bits per heavy atom. The average Bonchev–Trinajstić information content (AvgIpc) is 3.24. The van der Waals surface area contributed by atoms with E-state index in [-0.39, 0.29) is 11.5 Å². The van der Waals surface area contributed by atoms with Crippen LogP contribution in [0, 0.1) is 23.5 Å². The Kier molecular flexibility index (Phi) is 16.3. The Morgan fingerprint density at radius 3 is 1.18 bits per heavy atom. The van der Waals surface area contributed by atoms with E-state index in [1.807, 2.05) is 13.8 Å². The topological polar surface area (TPSA) is 27.7 Å². The second kappa shape index (κ2) is 21.8. The number of rotatable bonds is 20. The maximum atomic E-state index is 16.5. The summed E-state index contributed by atoms with van der Waals surface area (Å²) in [5.74, 6) is 2.76. The summed E-state index contributed by atoms with van der Waals surface area (Å²) in [6.45, 7) is 9.15. The summed E-state index contributed by atoms with van der Waals surface area (Å²) in [5, 5.41) is 0. The van der Waals surface area contributed by atoms with Crippen molar-refractivity contribution >= 4 is 0 Å². The van der Waals surface area contributed by atoms with Crippen molar-refractivity contribution in [3.05, 3.63) is 118 Å². The van der Waals surface area contributed by atoms with Gasteiger partial charge in [0.25, 0.3) is 0 Å². The van der Waals surface area contributed by atoms with Crippen LogP contribution >= 0.6 is 0 Å². The molecule has 2 aliphatic rings. The minimum atomic E-state index is -0.535. The Labute approximate surface area is 342 Å². The number of ether oxygens (including phenoxy) is 3. The van der Waals surface area contributed by atoms with E-state index in [4.69, 9.17) is 14.2 Å². The van der Waals surface area contributed by atoms with Gasteiger partial charge in [0.1, 0.15) is 11.5 Å². The molecule has 2 saturated carbocycles. The van der Waals surface area contributed by atoms with E-state index in [1.54, 1.807) is 24.3 Å². The van der Waals surface area contributed by atoms with E-state index >= 15 is 8.78 Å². The van der Waals surface area contributed by atoms with Crippen LogP contribution in [0.3, 0.4) is 0 Å². The molecule has 0 saturated heterocycles. The van der Waals surface area contributed by atoms with Crippen LogP contribution in [0.25, 0.3) is 0 Å². The van der Waals surface area contributed by atoms with Crippen LogP contribution in [0.4, 0.5) is 8.78 Å². The van der Waals surface area contributed by atoms with Gasteiger partial charge in [0.2, 0.25) is 0 Å². The van der Waals surface area contributed by atoms with E-state index in [2.05, 4.69) is 62.4 Å². The molecule has 0 spiro atoms. The van der Waals surface area contributed by atoms with Crippen molar-refractivity contribution < 1.29 is 23.0 Å². The van der Waals surface area contributed by atoms with Gasteiger partial charge in [-0.05, 0) is 135 Å². The van der Waals surface area contributed by atoms with Crippen molar-refractivity contribution in [2.24, 2.45) is 11.8 Å². The maximum Gasteiger partial charge on any atom is 0.172 e. The van der Waals surface area contributed by atoms with E-state index < -0.39 is 11.6 Å². The molecule has 5 heteroatoms. The average molecular weight is 779 g/mol. The van der Waals surface area contributed by atoms with Crippen LogP contribution < -0.4 is 14.2 Å². The summed E-state index contributed by atoms with van der Waals surface area (Å²) in [6.07, 6.45) is 21.6. The van der Waals surface area contributed by atoms with Crippen LogP contribution in [0.1, 0.15) is 176 Å². The molecule has 0 unspecified atom stereocenters. The molecule has 0 aliphatic heterocycles. The van der Waals surface area contributed by atoms with E-state index in [0.29, 0.717) is 60.5 Å².